The number of hydrogen-bond acceptors (Lipinski definition) is 2. The van der Waals surface area contributed by atoms with Gasteiger partial charge in [0.15, 0.2) is 23.2 Å². The number of benzene rings is 3. The van der Waals surface area contributed by atoms with Crippen molar-refractivity contribution in [2.24, 2.45) is 0 Å². The van der Waals surface area contributed by atoms with Crippen LogP contribution in [-0.4, -0.2) is 19.3 Å². The van der Waals surface area contributed by atoms with E-state index in [0.29, 0.717) is 29.7 Å². The Morgan fingerprint density at radius 1 is 0.816 bits per heavy atom. The van der Waals surface area contributed by atoms with Crippen molar-refractivity contribution in [2.45, 2.75) is 51.0 Å². The molecule has 0 radical (unpaired) electrons. The van der Waals surface area contributed by atoms with E-state index >= 15 is 0 Å². The number of ether oxygens (including phenoxy) is 2. The average molecular weight is 525 g/mol. The first-order chi connectivity index (χ1) is 18.4. The largest absolute Gasteiger partial charge is 0.490 e. The zero-order valence-electron chi connectivity index (χ0n) is 21.5. The van der Waals surface area contributed by atoms with Gasteiger partial charge in [-0.3, -0.25) is 0 Å². The fraction of sp³-hybridized carbons (Fsp3) is 0.312. The van der Waals surface area contributed by atoms with Crippen molar-refractivity contribution >= 4 is 12.2 Å². The summed E-state index contributed by atoms with van der Waals surface area (Å²) in [6.45, 7) is 6.40. The number of rotatable bonds is 10. The van der Waals surface area contributed by atoms with Crippen molar-refractivity contribution in [3.05, 3.63) is 101 Å². The molecule has 3 aromatic rings. The highest BCUT2D eigenvalue weighted by atomic mass is 19.2. The zero-order valence-corrected chi connectivity index (χ0v) is 21.5. The fourth-order valence-electron chi connectivity index (χ4n) is 4.88. The summed E-state index contributed by atoms with van der Waals surface area (Å²) in [5, 5.41) is 0. The molecular weight excluding hydrogens is 492 g/mol. The Hall–Kier alpha value is -3.38. The van der Waals surface area contributed by atoms with Crippen molar-refractivity contribution in [3.63, 3.8) is 0 Å². The predicted octanol–water partition coefficient (Wildman–Crippen LogP) is 9.10. The van der Waals surface area contributed by atoms with E-state index in [0.717, 1.165) is 25.7 Å². The highest BCUT2D eigenvalue weighted by Crippen LogP contribution is 2.36. The lowest BCUT2D eigenvalue weighted by molar-refractivity contribution is 0.0325. The summed E-state index contributed by atoms with van der Waals surface area (Å²) in [6.07, 6.45) is 8.77. The molecule has 1 fully saturated rings. The molecule has 2 nitrogen and oxygen atoms in total. The van der Waals surface area contributed by atoms with Crippen LogP contribution in [0.5, 0.6) is 5.75 Å². The van der Waals surface area contributed by atoms with E-state index in [1.807, 2.05) is 6.92 Å². The van der Waals surface area contributed by atoms with Crippen LogP contribution in [0.2, 0.25) is 0 Å². The first kappa shape index (κ1) is 27.6. The topological polar surface area (TPSA) is 18.5 Å². The minimum Gasteiger partial charge on any atom is -0.490 e. The molecule has 3 aromatic carbocycles. The van der Waals surface area contributed by atoms with Crippen LogP contribution in [0, 0.1) is 23.3 Å². The van der Waals surface area contributed by atoms with Gasteiger partial charge in [0.05, 0.1) is 12.7 Å². The fourth-order valence-corrected chi connectivity index (χ4v) is 4.88. The molecule has 1 aliphatic rings. The predicted molar refractivity (Wildman–Crippen MR) is 144 cm³/mol. The van der Waals surface area contributed by atoms with Gasteiger partial charge in [0.25, 0.3) is 0 Å². The molecule has 0 unspecified atom stereocenters. The Morgan fingerprint density at radius 3 is 2.24 bits per heavy atom. The van der Waals surface area contributed by atoms with Crippen molar-refractivity contribution in [3.8, 4) is 16.9 Å². The molecule has 0 heterocycles. The van der Waals surface area contributed by atoms with Gasteiger partial charge in [-0.25, -0.2) is 13.2 Å². The van der Waals surface area contributed by atoms with Gasteiger partial charge in [0.2, 0.25) is 5.82 Å². The maximum atomic E-state index is 14.9. The summed E-state index contributed by atoms with van der Waals surface area (Å²) in [5.74, 6) is -3.85. The third-order valence-corrected chi connectivity index (χ3v) is 6.96. The first-order valence-electron chi connectivity index (χ1n) is 13.0. The second-order valence-corrected chi connectivity index (χ2v) is 9.42. The van der Waals surface area contributed by atoms with Crippen LogP contribution in [-0.2, 0) is 4.74 Å². The van der Waals surface area contributed by atoms with Crippen LogP contribution >= 0.6 is 0 Å². The van der Waals surface area contributed by atoms with Crippen molar-refractivity contribution < 1.29 is 27.0 Å². The highest BCUT2D eigenvalue weighted by molar-refractivity contribution is 5.73. The van der Waals surface area contributed by atoms with Gasteiger partial charge in [0.1, 0.15) is 0 Å². The van der Waals surface area contributed by atoms with E-state index in [1.165, 1.54) is 18.2 Å². The van der Waals surface area contributed by atoms with Gasteiger partial charge in [-0.1, -0.05) is 54.6 Å². The summed E-state index contributed by atoms with van der Waals surface area (Å²) in [4.78, 5) is 0. The monoisotopic (exact) mass is 524 g/mol. The maximum absolute atomic E-state index is 14.9. The smallest absolute Gasteiger partial charge is 0.201 e. The molecule has 38 heavy (non-hydrogen) atoms. The summed E-state index contributed by atoms with van der Waals surface area (Å²) in [6, 6.07) is 12.8. The Kier molecular flexibility index (Phi) is 9.40. The molecule has 0 spiro atoms. The molecule has 0 aromatic heterocycles. The van der Waals surface area contributed by atoms with Crippen LogP contribution in [0.1, 0.15) is 61.6 Å². The van der Waals surface area contributed by atoms with Crippen LogP contribution in [0.25, 0.3) is 23.3 Å². The van der Waals surface area contributed by atoms with E-state index in [9.17, 15) is 17.6 Å². The van der Waals surface area contributed by atoms with Crippen molar-refractivity contribution in [1.29, 1.82) is 0 Å². The van der Waals surface area contributed by atoms with Crippen molar-refractivity contribution in [1.82, 2.24) is 0 Å². The minimum absolute atomic E-state index is 0.00946. The molecule has 0 amide bonds. The summed E-state index contributed by atoms with van der Waals surface area (Å²) in [5.41, 5.74) is 1.87. The lowest BCUT2D eigenvalue weighted by Gasteiger charge is -2.29. The third-order valence-electron chi connectivity index (χ3n) is 6.96. The van der Waals surface area contributed by atoms with E-state index in [2.05, 4.69) is 6.58 Å². The zero-order chi connectivity index (χ0) is 27.1. The summed E-state index contributed by atoms with van der Waals surface area (Å²) in [7, 11) is 0. The van der Waals surface area contributed by atoms with Gasteiger partial charge in [-0.15, -0.1) is 6.58 Å². The SMILES string of the molecule is C=CCCOc1ccc(-c2ccc(/C=C/c3ccc(C4CCC(OCC)CC4)c(F)c3F)cc2)c(F)c1F. The normalized spacial score (nSPS) is 17.6. The second kappa shape index (κ2) is 12.9. The molecule has 1 saturated carbocycles. The van der Waals surface area contributed by atoms with E-state index in [4.69, 9.17) is 9.47 Å². The Balaban J connectivity index is 1.44. The molecule has 0 aliphatic heterocycles. The second-order valence-electron chi connectivity index (χ2n) is 9.42. The van der Waals surface area contributed by atoms with E-state index in [-0.39, 0.29) is 35.5 Å². The lowest BCUT2D eigenvalue weighted by atomic mass is 9.82. The minimum atomic E-state index is -1.04. The van der Waals surface area contributed by atoms with Gasteiger partial charge < -0.3 is 9.47 Å². The first-order valence-corrected chi connectivity index (χ1v) is 13.0. The van der Waals surface area contributed by atoms with Gasteiger partial charge >= 0.3 is 0 Å². The van der Waals surface area contributed by atoms with Crippen molar-refractivity contribution in [2.75, 3.05) is 13.2 Å². The molecule has 0 saturated heterocycles. The standard InChI is InChI=1S/C32H32F4O2/c1-3-5-20-38-28-19-18-27(31(35)32(28)36)22-9-6-21(7-10-22)8-11-24-14-17-26(30(34)29(24)33)23-12-15-25(16-13-23)37-4-2/h3,6-11,14,17-19,23,25H,1,4-5,12-13,15-16,20H2,2H3/b11-8+. The molecule has 0 atom stereocenters. The third kappa shape index (κ3) is 6.36. The molecular formula is C32H32F4O2. The van der Waals surface area contributed by atoms with Crippen LogP contribution in [0.15, 0.2) is 61.2 Å². The molecule has 0 bridgehead atoms. The highest BCUT2D eigenvalue weighted by Gasteiger charge is 2.26. The Labute approximate surface area is 221 Å². The number of hydrogen-bond donors (Lipinski definition) is 0. The van der Waals surface area contributed by atoms with Crippen LogP contribution < -0.4 is 4.74 Å². The molecule has 1 aliphatic carbocycles. The average Bonchev–Trinajstić information content (AvgIpc) is 2.93. The van der Waals surface area contributed by atoms with Crippen LogP contribution in [0.4, 0.5) is 17.6 Å². The maximum Gasteiger partial charge on any atom is 0.201 e. The van der Waals surface area contributed by atoms with Gasteiger partial charge in [0, 0.05) is 17.7 Å². The lowest BCUT2D eigenvalue weighted by Crippen LogP contribution is -2.21. The summed E-state index contributed by atoms with van der Waals surface area (Å²) < 4.78 is 69.8. The molecule has 200 valence electrons. The molecule has 0 N–H and O–H groups in total. The van der Waals surface area contributed by atoms with Crippen LogP contribution in [0.3, 0.4) is 0 Å². The number of halogens is 4. The Morgan fingerprint density at radius 2 is 1.55 bits per heavy atom. The van der Waals surface area contributed by atoms with Gasteiger partial charge in [-0.2, -0.15) is 4.39 Å². The molecule has 4 rings (SSSR count). The summed E-state index contributed by atoms with van der Waals surface area (Å²) >= 11 is 0. The Bertz CT molecular complexity index is 1280. The van der Waals surface area contributed by atoms with Gasteiger partial charge in [-0.05, 0) is 73.8 Å². The van der Waals surface area contributed by atoms with E-state index in [1.54, 1.807) is 48.6 Å². The molecule has 6 heteroatoms. The quantitative estimate of drug-likeness (QED) is 0.114. The van der Waals surface area contributed by atoms with E-state index < -0.39 is 23.3 Å².